The molecule has 1 aliphatic heterocycles. The molecule has 1 saturated heterocycles. The second kappa shape index (κ2) is 27.8. The van der Waals surface area contributed by atoms with Gasteiger partial charge in [0.1, 0.15) is 42.3 Å². The summed E-state index contributed by atoms with van der Waals surface area (Å²) in [7, 11) is 0. The minimum absolute atomic E-state index is 0.0214. The Morgan fingerprint density at radius 1 is 0.797 bits per heavy atom. The number of thioether (sulfide) groups is 1. The predicted molar refractivity (Wildman–Crippen MR) is 239 cm³/mol. The molecule has 22 heteroatoms. The molecule has 0 saturated carbocycles. The van der Waals surface area contributed by atoms with Gasteiger partial charge in [-0.2, -0.15) is 11.8 Å². The maximum absolute atomic E-state index is 14.0. The average molecular weight is 921 g/mol. The van der Waals surface area contributed by atoms with Crippen LogP contribution in [-0.4, -0.2) is 148 Å². The maximum Gasteiger partial charge on any atom is 0.305 e. The van der Waals surface area contributed by atoms with E-state index in [9.17, 15) is 53.4 Å². The van der Waals surface area contributed by atoms with E-state index >= 15 is 0 Å². The summed E-state index contributed by atoms with van der Waals surface area (Å²) in [5, 5.41) is 34.7. The average Bonchev–Trinajstić information content (AvgIpc) is 3.59. The van der Waals surface area contributed by atoms with Crippen LogP contribution in [0.1, 0.15) is 78.2 Å². The number of likely N-dealkylation sites (tertiary alicyclic amines) is 1. The highest BCUT2D eigenvalue weighted by atomic mass is 32.2. The zero-order valence-electron chi connectivity index (χ0n) is 37.3. The molecule has 1 heterocycles. The first-order chi connectivity index (χ1) is 30.2. The summed E-state index contributed by atoms with van der Waals surface area (Å²) >= 11 is 1.48. The number of nitrogens with zero attached hydrogens (tertiary/aromatic N) is 1. The van der Waals surface area contributed by atoms with Gasteiger partial charge in [0, 0.05) is 13.0 Å². The van der Waals surface area contributed by atoms with Crippen molar-refractivity contribution in [2.24, 2.45) is 29.0 Å². The molecule has 8 unspecified atom stereocenters. The SMILES string of the molecule is CSCCC(NC(=O)C(CC(C)C)N1CCC(NC(=O)C(NC(=O)C(Cc2ccccc2)NC(=O)C(CO)NC(=O)C(CC(=O)O)NC(=O)C(N)CCCCN)C(C)C)C1=O)C(N)=O. The molecule has 0 spiro atoms. The number of hydrogen-bond donors (Lipinski definition) is 11. The number of amides is 8. The van der Waals surface area contributed by atoms with Crippen LogP contribution in [0.25, 0.3) is 0 Å². The van der Waals surface area contributed by atoms with Gasteiger partial charge in [0.05, 0.1) is 19.1 Å². The number of carboxylic acid groups (broad SMARTS) is 1. The molecule has 0 aromatic heterocycles. The van der Waals surface area contributed by atoms with E-state index in [1.807, 2.05) is 20.1 Å². The molecular formula is C42H68N10O11S. The lowest BCUT2D eigenvalue weighted by Gasteiger charge is -2.30. The molecule has 1 aromatic carbocycles. The van der Waals surface area contributed by atoms with Crippen LogP contribution in [0, 0.1) is 11.8 Å². The fourth-order valence-corrected chi connectivity index (χ4v) is 7.38. The number of nitrogens with two attached hydrogens (primary N) is 3. The van der Waals surface area contributed by atoms with E-state index in [0.29, 0.717) is 37.1 Å². The topological polar surface area (TPSA) is 348 Å². The molecule has 64 heavy (non-hydrogen) atoms. The smallest absolute Gasteiger partial charge is 0.305 e. The number of aliphatic hydroxyl groups excluding tert-OH is 1. The molecule has 21 nitrogen and oxygen atoms in total. The molecule has 358 valence electrons. The molecule has 1 aliphatic rings. The zero-order valence-corrected chi connectivity index (χ0v) is 38.1. The highest BCUT2D eigenvalue weighted by Crippen LogP contribution is 2.21. The molecule has 0 radical (unpaired) electrons. The minimum Gasteiger partial charge on any atom is -0.481 e. The lowest BCUT2D eigenvalue weighted by atomic mass is 10.00. The number of benzene rings is 1. The summed E-state index contributed by atoms with van der Waals surface area (Å²) in [6.45, 7) is 6.58. The number of primary amides is 1. The van der Waals surface area contributed by atoms with E-state index in [1.54, 1.807) is 44.2 Å². The minimum atomic E-state index is -1.72. The molecular weight excluding hydrogens is 853 g/mol. The Hall–Kier alpha value is -5.32. The zero-order chi connectivity index (χ0) is 48.1. The predicted octanol–water partition coefficient (Wildman–Crippen LogP) is -2.40. The molecule has 2 rings (SSSR count). The van der Waals surface area contributed by atoms with Gasteiger partial charge in [-0.15, -0.1) is 0 Å². The number of rotatable bonds is 29. The first-order valence-electron chi connectivity index (χ1n) is 21.5. The third kappa shape index (κ3) is 18.0. The van der Waals surface area contributed by atoms with E-state index in [2.05, 4.69) is 31.9 Å². The number of carbonyl (C=O) groups excluding carboxylic acids is 8. The van der Waals surface area contributed by atoms with Crippen molar-refractivity contribution in [3.63, 3.8) is 0 Å². The van der Waals surface area contributed by atoms with Crippen LogP contribution in [-0.2, 0) is 49.6 Å². The number of carbonyl (C=O) groups is 9. The Morgan fingerprint density at radius 2 is 1.39 bits per heavy atom. The van der Waals surface area contributed by atoms with E-state index in [4.69, 9.17) is 17.2 Å². The standard InChI is InChI=1S/C42H68N10O11S/c1-23(2)19-32(40(61)46-27(35(45)56)15-18-64-5)52-17-14-28(42(52)63)47-41(62)34(24(3)4)51-38(59)29(20-25-11-7-6-8-12-25)49-39(60)31(22-53)50-37(58)30(21-33(54)55)48-36(57)26(44)13-9-10-16-43/h6-8,11-12,23-24,26-32,34,53H,9-10,13-22,43-44H2,1-5H3,(H2,45,56)(H,46,61)(H,47,62)(H,48,57)(H,49,60)(H,50,58)(H,51,59)(H,54,55). The monoisotopic (exact) mass is 920 g/mol. The van der Waals surface area contributed by atoms with Gasteiger partial charge < -0.3 is 64.2 Å². The van der Waals surface area contributed by atoms with Gasteiger partial charge in [0.15, 0.2) is 0 Å². The van der Waals surface area contributed by atoms with Crippen molar-refractivity contribution in [2.75, 3.05) is 31.7 Å². The van der Waals surface area contributed by atoms with Crippen LogP contribution in [0.5, 0.6) is 0 Å². The van der Waals surface area contributed by atoms with Crippen molar-refractivity contribution >= 4 is 65.0 Å². The Kier molecular flexibility index (Phi) is 23.8. The number of hydrogen-bond acceptors (Lipinski definition) is 13. The van der Waals surface area contributed by atoms with E-state index in [1.165, 1.54) is 16.7 Å². The molecule has 8 amide bonds. The molecule has 8 atom stereocenters. The Balaban J connectivity index is 2.26. The van der Waals surface area contributed by atoms with Gasteiger partial charge in [0.2, 0.25) is 47.3 Å². The van der Waals surface area contributed by atoms with Gasteiger partial charge in [0.25, 0.3) is 0 Å². The Labute approximate surface area is 378 Å². The fraction of sp³-hybridized carbons (Fsp3) is 0.643. The number of aliphatic hydroxyl groups is 1. The fourth-order valence-electron chi connectivity index (χ4n) is 6.91. The summed E-state index contributed by atoms with van der Waals surface area (Å²) in [5.41, 5.74) is 17.5. The molecule has 0 aliphatic carbocycles. The van der Waals surface area contributed by atoms with Gasteiger partial charge in [-0.25, -0.2) is 0 Å². The third-order valence-electron chi connectivity index (χ3n) is 10.5. The summed E-state index contributed by atoms with van der Waals surface area (Å²) < 4.78 is 0. The van der Waals surface area contributed by atoms with Crippen molar-refractivity contribution in [2.45, 2.75) is 127 Å². The molecule has 1 aromatic rings. The summed E-state index contributed by atoms with van der Waals surface area (Å²) in [4.78, 5) is 120. The van der Waals surface area contributed by atoms with Crippen molar-refractivity contribution < 1.29 is 53.4 Å². The molecule has 14 N–H and O–H groups in total. The van der Waals surface area contributed by atoms with Crippen LogP contribution in [0.15, 0.2) is 30.3 Å². The quantitative estimate of drug-likeness (QED) is 0.0374. The summed E-state index contributed by atoms with van der Waals surface area (Å²) in [6, 6.07) is -1.51. The Morgan fingerprint density at radius 3 is 1.95 bits per heavy atom. The van der Waals surface area contributed by atoms with Crippen LogP contribution in [0.4, 0.5) is 0 Å². The number of nitrogens with one attached hydrogen (secondary N) is 6. The highest BCUT2D eigenvalue weighted by Gasteiger charge is 2.42. The van der Waals surface area contributed by atoms with Crippen LogP contribution >= 0.6 is 11.8 Å². The van der Waals surface area contributed by atoms with Crippen molar-refractivity contribution in [3.05, 3.63) is 35.9 Å². The van der Waals surface area contributed by atoms with E-state index in [-0.39, 0.29) is 38.1 Å². The van der Waals surface area contributed by atoms with Crippen LogP contribution in [0.2, 0.25) is 0 Å². The third-order valence-corrected chi connectivity index (χ3v) is 11.1. The van der Waals surface area contributed by atoms with E-state index < -0.39 is 121 Å². The number of carboxylic acids is 1. The first kappa shape index (κ1) is 54.8. The maximum atomic E-state index is 14.0. The number of aliphatic carboxylic acids is 1. The summed E-state index contributed by atoms with van der Waals surface area (Å²) in [6.07, 6.45) is 2.91. The van der Waals surface area contributed by atoms with Crippen molar-refractivity contribution in [1.29, 1.82) is 0 Å². The van der Waals surface area contributed by atoms with Crippen LogP contribution in [0.3, 0.4) is 0 Å². The largest absolute Gasteiger partial charge is 0.481 e. The van der Waals surface area contributed by atoms with Crippen molar-refractivity contribution in [1.82, 2.24) is 36.8 Å². The van der Waals surface area contributed by atoms with Gasteiger partial charge in [-0.1, -0.05) is 64.4 Å². The second-order valence-electron chi connectivity index (χ2n) is 16.5. The van der Waals surface area contributed by atoms with Gasteiger partial charge in [-0.05, 0) is 68.1 Å². The normalized spacial score (nSPS) is 17.0. The van der Waals surface area contributed by atoms with Gasteiger partial charge >= 0.3 is 5.97 Å². The van der Waals surface area contributed by atoms with Gasteiger partial charge in [-0.3, -0.25) is 43.2 Å². The highest BCUT2D eigenvalue weighted by molar-refractivity contribution is 7.98. The Bertz CT molecular complexity index is 1750. The molecule has 1 fully saturated rings. The first-order valence-corrected chi connectivity index (χ1v) is 22.9. The van der Waals surface area contributed by atoms with E-state index in [0.717, 1.165) is 0 Å². The summed E-state index contributed by atoms with van der Waals surface area (Å²) in [5.74, 6) is -7.71. The van der Waals surface area contributed by atoms with Crippen molar-refractivity contribution in [3.8, 4) is 0 Å². The lowest BCUT2D eigenvalue weighted by Crippen LogP contribution is -2.61. The second-order valence-corrected chi connectivity index (χ2v) is 17.5. The number of unbranched alkanes of at least 4 members (excludes halogenated alkanes) is 1. The lowest BCUT2D eigenvalue weighted by molar-refractivity contribution is -0.141. The molecule has 0 bridgehead atoms. The van der Waals surface area contributed by atoms with Crippen LogP contribution < -0.4 is 49.1 Å².